The quantitative estimate of drug-likeness (QED) is 0.249. The minimum absolute atomic E-state index is 0. The molecule has 0 fully saturated rings. The third-order valence-electron chi connectivity index (χ3n) is 4.25. The summed E-state index contributed by atoms with van der Waals surface area (Å²) in [6.07, 6.45) is 1.06. The second-order valence-corrected chi connectivity index (χ2v) is 7.28. The van der Waals surface area contributed by atoms with E-state index in [2.05, 4.69) is 14.4 Å². The predicted molar refractivity (Wildman–Crippen MR) is 95.9 cm³/mol. The van der Waals surface area contributed by atoms with Crippen LogP contribution in [0.3, 0.4) is 0 Å². The first-order valence-electron chi connectivity index (χ1n) is 7.85. The number of hydrogen-bond acceptors (Lipinski definition) is 6. The van der Waals surface area contributed by atoms with Gasteiger partial charge in [0, 0.05) is 24.9 Å². The molecule has 0 saturated heterocycles. The molecule has 0 radical (unpaired) electrons. The van der Waals surface area contributed by atoms with Crippen LogP contribution in [0.5, 0.6) is 0 Å². The first-order chi connectivity index (χ1) is 12.4. The topological polar surface area (TPSA) is 96.6 Å². The van der Waals surface area contributed by atoms with Crippen molar-refractivity contribution in [3.63, 3.8) is 0 Å². The first kappa shape index (κ1) is 20.9. The molecule has 10 heteroatoms. The zero-order valence-electron chi connectivity index (χ0n) is 14.4. The Morgan fingerprint density at radius 3 is 2.67 bits per heavy atom. The van der Waals surface area contributed by atoms with Crippen LogP contribution in [-0.2, 0) is 27.6 Å². The molecule has 0 bridgehead atoms. The summed E-state index contributed by atoms with van der Waals surface area (Å²) in [4.78, 5) is 4.68. The van der Waals surface area contributed by atoms with E-state index in [-0.39, 0.29) is 51.4 Å². The van der Waals surface area contributed by atoms with E-state index in [1.165, 1.54) is 0 Å². The molecule has 1 aliphatic rings. The number of aromatic nitrogens is 2. The minimum Gasteiger partial charge on any atom is -0.714 e. The van der Waals surface area contributed by atoms with Crippen molar-refractivity contribution in [3.8, 4) is 0 Å². The SMILES string of the molecule is O=S(=O)([O-])O/N=C1/CCn2c(Cc3ccccc3)nc3c(Cl)ccc1c32.[K+]. The standard InChI is InChI=1S/C17H14ClN3O4S.K/c18-13-7-6-12-14(20-25-26(22,23)24)8-9-21-15(19-16(13)17(12)21)10-11-4-2-1-3-5-11;/h1-7H,8-10H2,(H,22,23,24);/q;+1/p-1/b20-14-;. The van der Waals surface area contributed by atoms with Crippen LogP contribution < -0.4 is 51.4 Å². The van der Waals surface area contributed by atoms with Gasteiger partial charge in [-0.05, 0) is 17.7 Å². The maximum absolute atomic E-state index is 10.7. The number of halogens is 1. The number of rotatable bonds is 4. The van der Waals surface area contributed by atoms with Gasteiger partial charge < -0.3 is 9.12 Å². The Labute approximate surface area is 203 Å². The molecule has 0 aliphatic carbocycles. The molecule has 1 aliphatic heterocycles. The smallest absolute Gasteiger partial charge is 0.714 e. The Hall–Kier alpha value is -0.784. The molecule has 0 atom stereocenters. The van der Waals surface area contributed by atoms with E-state index in [1.807, 2.05) is 34.9 Å². The molecule has 27 heavy (non-hydrogen) atoms. The van der Waals surface area contributed by atoms with E-state index < -0.39 is 10.4 Å². The van der Waals surface area contributed by atoms with Crippen LogP contribution >= 0.6 is 11.6 Å². The van der Waals surface area contributed by atoms with E-state index >= 15 is 0 Å². The van der Waals surface area contributed by atoms with Gasteiger partial charge in [-0.2, -0.15) is 8.42 Å². The largest absolute Gasteiger partial charge is 1.00 e. The summed E-state index contributed by atoms with van der Waals surface area (Å²) in [6.45, 7) is 0.535. The van der Waals surface area contributed by atoms with Crippen LogP contribution in [0.1, 0.15) is 23.4 Å². The molecule has 3 aromatic rings. The summed E-state index contributed by atoms with van der Waals surface area (Å²) in [5, 5.41) is 4.03. The molecule has 0 saturated carbocycles. The molecule has 7 nitrogen and oxygen atoms in total. The molecule has 0 unspecified atom stereocenters. The fraction of sp³-hybridized carbons (Fsp3) is 0.176. The Kier molecular flexibility index (Phi) is 6.43. The number of aryl methyl sites for hydroxylation is 1. The molecule has 2 aromatic carbocycles. The van der Waals surface area contributed by atoms with Gasteiger partial charge in [-0.15, -0.1) is 0 Å². The van der Waals surface area contributed by atoms with Gasteiger partial charge in [0.15, 0.2) is 0 Å². The third kappa shape index (κ3) is 4.46. The number of nitrogens with zero attached hydrogens (tertiary/aromatic N) is 3. The molecule has 134 valence electrons. The molecule has 0 N–H and O–H groups in total. The second kappa shape index (κ2) is 8.30. The van der Waals surface area contributed by atoms with Gasteiger partial charge >= 0.3 is 51.4 Å². The summed E-state index contributed by atoms with van der Waals surface area (Å²) >= 11 is 6.30. The van der Waals surface area contributed by atoms with Gasteiger partial charge in [0.1, 0.15) is 11.3 Å². The maximum Gasteiger partial charge on any atom is 1.00 e. The van der Waals surface area contributed by atoms with Crippen molar-refractivity contribution < 1.29 is 68.6 Å². The maximum atomic E-state index is 10.7. The van der Waals surface area contributed by atoms with Crippen molar-refractivity contribution in [2.45, 2.75) is 19.4 Å². The average Bonchev–Trinajstić information content (AvgIpc) is 2.97. The predicted octanol–water partition coefficient (Wildman–Crippen LogP) is -0.131. The van der Waals surface area contributed by atoms with Crippen molar-refractivity contribution in [2.24, 2.45) is 5.16 Å². The van der Waals surface area contributed by atoms with Crippen LogP contribution in [0.25, 0.3) is 11.0 Å². The van der Waals surface area contributed by atoms with Gasteiger partial charge in [0.05, 0.1) is 16.3 Å². The second-order valence-electron chi connectivity index (χ2n) is 5.90. The van der Waals surface area contributed by atoms with Crippen LogP contribution in [0.15, 0.2) is 47.6 Å². The summed E-state index contributed by atoms with van der Waals surface area (Å²) in [7, 11) is -4.90. The third-order valence-corrected chi connectivity index (χ3v) is 4.81. The van der Waals surface area contributed by atoms with Crippen LogP contribution in [-0.4, -0.2) is 28.2 Å². The Morgan fingerprint density at radius 2 is 1.96 bits per heavy atom. The number of benzene rings is 2. The monoisotopic (exact) mass is 429 g/mol. The number of oxime groups is 1. The molecule has 0 spiro atoms. The summed E-state index contributed by atoms with van der Waals surface area (Å²) < 4.78 is 38.2. The van der Waals surface area contributed by atoms with Crippen molar-refractivity contribution in [3.05, 3.63) is 64.4 Å². The molecule has 1 aromatic heterocycles. The van der Waals surface area contributed by atoms with Gasteiger partial charge in [-0.1, -0.05) is 47.1 Å². The van der Waals surface area contributed by atoms with Gasteiger partial charge in [0.25, 0.3) is 10.4 Å². The molecule has 4 rings (SSSR count). The molecular formula is C17H13ClKN3O4S. The van der Waals surface area contributed by atoms with E-state index in [0.717, 1.165) is 16.9 Å². The Bertz CT molecular complexity index is 1130. The fourth-order valence-electron chi connectivity index (χ4n) is 3.18. The zero-order chi connectivity index (χ0) is 18.3. The van der Waals surface area contributed by atoms with Crippen molar-refractivity contribution in [1.82, 2.24) is 9.55 Å². The van der Waals surface area contributed by atoms with Crippen molar-refractivity contribution >= 4 is 38.7 Å². The first-order valence-corrected chi connectivity index (χ1v) is 9.57. The van der Waals surface area contributed by atoms with Crippen LogP contribution in [0.2, 0.25) is 5.02 Å². The van der Waals surface area contributed by atoms with Gasteiger partial charge in [-0.3, -0.25) is 4.28 Å². The number of imidazole rings is 1. The Balaban J connectivity index is 0.00000210. The van der Waals surface area contributed by atoms with Crippen molar-refractivity contribution in [1.29, 1.82) is 0 Å². The van der Waals surface area contributed by atoms with E-state index in [9.17, 15) is 13.0 Å². The fourth-order valence-corrected chi connectivity index (χ4v) is 3.55. The van der Waals surface area contributed by atoms with Gasteiger partial charge in [0.2, 0.25) is 0 Å². The van der Waals surface area contributed by atoms with E-state index in [0.29, 0.717) is 41.2 Å². The summed E-state index contributed by atoms with van der Waals surface area (Å²) in [5.74, 6) is 0.858. The summed E-state index contributed by atoms with van der Waals surface area (Å²) in [6, 6.07) is 13.4. The van der Waals surface area contributed by atoms with E-state index in [1.54, 1.807) is 12.1 Å². The number of hydrogen-bond donors (Lipinski definition) is 0. The molecule has 2 heterocycles. The van der Waals surface area contributed by atoms with Crippen molar-refractivity contribution in [2.75, 3.05) is 0 Å². The molecular weight excluding hydrogens is 417 g/mol. The Morgan fingerprint density at radius 1 is 1.22 bits per heavy atom. The molecule has 0 amide bonds. The minimum atomic E-state index is -4.90. The average molecular weight is 430 g/mol. The zero-order valence-corrected chi connectivity index (χ0v) is 19.1. The van der Waals surface area contributed by atoms with Gasteiger partial charge in [-0.25, -0.2) is 4.98 Å². The summed E-state index contributed by atoms with van der Waals surface area (Å²) in [5.41, 5.74) is 3.54. The van der Waals surface area contributed by atoms with Crippen LogP contribution in [0, 0.1) is 0 Å². The normalized spacial score (nSPS) is 15.0. The van der Waals surface area contributed by atoms with Crippen LogP contribution in [0.4, 0.5) is 0 Å². The van der Waals surface area contributed by atoms with E-state index in [4.69, 9.17) is 11.6 Å².